The third-order valence-corrected chi connectivity index (χ3v) is 5.12. The first-order chi connectivity index (χ1) is 14.0. The molecule has 0 spiro atoms. The molecule has 2 aliphatic heterocycles. The minimum Gasteiger partial charge on any atom is -0.494 e. The zero-order chi connectivity index (χ0) is 20.4. The van der Waals surface area contributed by atoms with Gasteiger partial charge in [-0.2, -0.15) is 0 Å². The molecule has 1 fully saturated rings. The second-order valence-corrected chi connectivity index (χ2v) is 7.57. The molecular formula is C23H27N3O3. The number of rotatable bonds is 5. The maximum Gasteiger partial charge on any atom is 0.278 e. The number of carbonyl (C=O) groups is 1. The fourth-order valence-electron chi connectivity index (χ4n) is 4.02. The fourth-order valence-corrected chi connectivity index (χ4v) is 4.02. The summed E-state index contributed by atoms with van der Waals surface area (Å²) in [6.45, 7) is 8.86. The lowest BCUT2D eigenvalue weighted by molar-refractivity contribution is -0.113. The van der Waals surface area contributed by atoms with E-state index in [0.717, 1.165) is 35.8 Å². The molecule has 4 rings (SSSR count). The Morgan fingerprint density at radius 2 is 1.76 bits per heavy atom. The molecule has 0 aromatic heterocycles. The van der Waals surface area contributed by atoms with Gasteiger partial charge in [-0.15, -0.1) is 0 Å². The van der Waals surface area contributed by atoms with Gasteiger partial charge in [-0.05, 0) is 51.1 Å². The number of hydrogen-bond acceptors (Lipinski definition) is 5. The van der Waals surface area contributed by atoms with E-state index in [9.17, 15) is 4.79 Å². The first-order valence-electron chi connectivity index (χ1n) is 10.2. The van der Waals surface area contributed by atoms with E-state index in [1.165, 1.54) is 0 Å². The van der Waals surface area contributed by atoms with Crippen LogP contribution in [0.3, 0.4) is 0 Å². The molecule has 0 radical (unpaired) electrons. The van der Waals surface area contributed by atoms with Gasteiger partial charge in [0.15, 0.2) is 0 Å². The maximum absolute atomic E-state index is 13.3. The van der Waals surface area contributed by atoms with Gasteiger partial charge in [-0.3, -0.25) is 14.6 Å². The first-order valence-corrected chi connectivity index (χ1v) is 10.2. The second-order valence-electron chi connectivity index (χ2n) is 7.57. The number of anilines is 1. The van der Waals surface area contributed by atoms with Crippen molar-refractivity contribution in [2.45, 2.75) is 33.0 Å². The van der Waals surface area contributed by atoms with E-state index in [4.69, 9.17) is 9.47 Å². The molecule has 2 aliphatic rings. The highest BCUT2D eigenvalue weighted by Crippen LogP contribution is 2.31. The van der Waals surface area contributed by atoms with Gasteiger partial charge in [0.05, 0.1) is 36.9 Å². The van der Waals surface area contributed by atoms with Gasteiger partial charge in [-0.1, -0.05) is 18.2 Å². The number of carbonyl (C=O) groups excluding carboxylic acids is 1. The monoisotopic (exact) mass is 393 g/mol. The highest BCUT2D eigenvalue weighted by atomic mass is 16.5. The van der Waals surface area contributed by atoms with Crippen molar-refractivity contribution in [1.82, 2.24) is 4.90 Å². The predicted octanol–water partition coefficient (Wildman–Crippen LogP) is 3.62. The molecule has 0 bridgehead atoms. The lowest BCUT2D eigenvalue weighted by Crippen LogP contribution is -2.50. The van der Waals surface area contributed by atoms with Crippen LogP contribution in [0.15, 0.2) is 53.5 Å². The molecule has 2 aromatic rings. The Labute approximate surface area is 171 Å². The van der Waals surface area contributed by atoms with Gasteiger partial charge in [0, 0.05) is 18.7 Å². The Hall–Kier alpha value is -2.70. The minimum absolute atomic E-state index is 0.0631. The van der Waals surface area contributed by atoms with E-state index in [1.54, 1.807) is 0 Å². The zero-order valence-electron chi connectivity index (χ0n) is 17.2. The summed E-state index contributed by atoms with van der Waals surface area (Å²) in [5.41, 5.74) is 3.01. The van der Waals surface area contributed by atoms with Gasteiger partial charge in [-0.25, -0.2) is 4.99 Å². The normalized spacial score (nSPS) is 23.5. The van der Waals surface area contributed by atoms with Crippen LogP contribution in [0.4, 0.5) is 11.4 Å². The number of benzene rings is 2. The lowest BCUT2D eigenvalue weighted by atomic mass is 10.1. The SMILES string of the molecule is CCOc1ccc(N=C2C(=O)N(CN3CC(C)OC(C)C3)c3ccccc32)cc1. The van der Waals surface area contributed by atoms with Gasteiger partial charge < -0.3 is 9.47 Å². The van der Waals surface area contributed by atoms with Crippen molar-refractivity contribution in [1.29, 1.82) is 0 Å². The summed E-state index contributed by atoms with van der Waals surface area (Å²) in [7, 11) is 0. The number of para-hydroxylation sites is 1. The Morgan fingerprint density at radius 3 is 2.45 bits per heavy atom. The van der Waals surface area contributed by atoms with Crippen LogP contribution < -0.4 is 9.64 Å². The molecule has 1 amide bonds. The molecule has 0 aliphatic carbocycles. The second kappa shape index (κ2) is 8.35. The van der Waals surface area contributed by atoms with E-state index in [-0.39, 0.29) is 18.1 Å². The smallest absolute Gasteiger partial charge is 0.278 e. The van der Waals surface area contributed by atoms with Crippen LogP contribution in [-0.2, 0) is 9.53 Å². The summed E-state index contributed by atoms with van der Waals surface area (Å²) in [6, 6.07) is 15.4. The van der Waals surface area contributed by atoms with Crippen LogP contribution in [0.1, 0.15) is 26.3 Å². The Bertz CT molecular complexity index is 900. The summed E-state index contributed by atoms with van der Waals surface area (Å²) in [5.74, 6) is 0.735. The van der Waals surface area contributed by atoms with Crippen molar-refractivity contribution in [3.8, 4) is 5.75 Å². The molecule has 2 heterocycles. The Morgan fingerprint density at radius 1 is 1.07 bits per heavy atom. The third-order valence-electron chi connectivity index (χ3n) is 5.12. The number of aliphatic imine (C=N–C) groups is 1. The Balaban J connectivity index is 1.60. The summed E-state index contributed by atoms with van der Waals surface area (Å²) in [4.78, 5) is 22.1. The van der Waals surface area contributed by atoms with Gasteiger partial charge in [0.2, 0.25) is 0 Å². The molecule has 0 N–H and O–H groups in total. The summed E-state index contributed by atoms with van der Waals surface area (Å²) >= 11 is 0. The minimum atomic E-state index is -0.0631. The molecule has 6 nitrogen and oxygen atoms in total. The van der Waals surface area contributed by atoms with Gasteiger partial charge in [0.25, 0.3) is 5.91 Å². The summed E-state index contributed by atoms with van der Waals surface area (Å²) in [6.07, 6.45) is 0.312. The topological polar surface area (TPSA) is 54.4 Å². The van der Waals surface area contributed by atoms with Crippen LogP contribution >= 0.6 is 0 Å². The van der Waals surface area contributed by atoms with Crippen LogP contribution in [0.25, 0.3) is 0 Å². The van der Waals surface area contributed by atoms with Gasteiger partial charge in [0.1, 0.15) is 11.5 Å². The number of hydrogen-bond donors (Lipinski definition) is 0. The standard InChI is InChI=1S/C23H27N3O3/c1-4-28-19-11-9-18(10-12-19)24-22-20-7-5-6-8-21(20)26(23(22)27)15-25-13-16(2)29-17(3)14-25/h5-12,16-17H,4,13-15H2,1-3H3. The van der Waals surface area contributed by atoms with E-state index >= 15 is 0 Å². The fraction of sp³-hybridized carbons (Fsp3) is 0.391. The van der Waals surface area contributed by atoms with Crippen molar-refractivity contribution < 1.29 is 14.3 Å². The predicted molar refractivity (Wildman–Crippen MR) is 114 cm³/mol. The van der Waals surface area contributed by atoms with Crippen LogP contribution in [0, 0.1) is 0 Å². The van der Waals surface area contributed by atoms with Crippen LogP contribution in [-0.4, -0.2) is 55.1 Å². The molecule has 2 aromatic carbocycles. The molecular weight excluding hydrogens is 366 g/mol. The third kappa shape index (κ3) is 4.18. The van der Waals surface area contributed by atoms with Gasteiger partial charge >= 0.3 is 0 Å². The number of fused-ring (bicyclic) bond motifs is 1. The van der Waals surface area contributed by atoms with Crippen molar-refractivity contribution >= 4 is 23.0 Å². The van der Waals surface area contributed by atoms with Crippen molar-refractivity contribution in [2.75, 3.05) is 31.3 Å². The number of morpholine rings is 1. The Kier molecular flexibility index (Phi) is 5.65. The first kappa shape index (κ1) is 19.6. The largest absolute Gasteiger partial charge is 0.494 e. The van der Waals surface area contributed by atoms with E-state index in [2.05, 4.69) is 23.7 Å². The van der Waals surface area contributed by atoms with Crippen LogP contribution in [0.5, 0.6) is 5.75 Å². The zero-order valence-corrected chi connectivity index (χ0v) is 17.2. The lowest BCUT2D eigenvalue weighted by Gasteiger charge is -2.37. The molecule has 0 saturated carbocycles. The van der Waals surface area contributed by atoms with E-state index in [1.807, 2.05) is 60.4 Å². The summed E-state index contributed by atoms with van der Waals surface area (Å²) in [5, 5.41) is 0. The number of ether oxygens (including phenoxy) is 2. The highest BCUT2D eigenvalue weighted by molar-refractivity contribution is 6.54. The molecule has 1 saturated heterocycles. The molecule has 29 heavy (non-hydrogen) atoms. The molecule has 2 atom stereocenters. The summed E-state index contributed by atoms with van der Waals surface area (Å²) < 4.78 is 11.3. The van der Waals surface area contributed by atoms with E-state index in [0.29, 0.717) is 19.0 Å². The van der Waals surface area contributed by atoms with E-state index < -0.39 is 0 Å². The van der Waals surface area contributed by atoms with Crippen molar-refractivity contribution in [2.24, 2.45) is 4.99 Å². The quantitative estimate of drug-likeness (QED) is 0.779. The number of nitrogens with zero attached hydrogens (tertiary/aromatic N) is 3. The average Bonchev–Trinajstić information content (AvgIpc) is 2.95. The molecule has 152 valence electrons. The van der Waals surface area contributed by atoms with Crippen LogP contribution in [0.2, 0.25) is 0 Å². The van der Waals surface area contributed by atoms with Crippen molar-refractivity contribution in [3.63, 3.8) is 0 Å². The highest BCUT2D eigenvalue weighted by Gasteiger charge is 2.35. The number of amides is 1. The average molecular weight is 393 g/mol. The molecule has 2 unspecified atom stereocenters. The maximum atomic E-state index is 13.3. The van der Waals surface area contributed by atoms with Crippen molar-refractivity contribution in [3.05, 3.63) is 54.1 Å². The molecule has 6 heteroatoms.